The number of H-pyrrole nitrogens is 1. The molecule has 37 heavy (non-hydrogen) atoms. The summed E-state index contributed by atoms with van der Waals surface area (Å²) in [7, 11) is 1.31. The summed E-state index contributed by atoms with van der Waals surface area (Å²) in [6.45, 7) is 0. The lowest BCUT2D eigenvalue weighted by Gasteiger charge is -2.12. The monoisotopic (exact) mass is 506 g/mol. The number of nitrogens with zero attached hydrogens (tertiary/aromatic N) is 2. The maximum atomic E-state index is 13.2. The molecule has 5 rings (SSSR count). The number of aromatic nitrogens is 3. The number of anilines is 1. The molecule has 1 amide bonds. The van der Waals surface area contributed by atoms with Crippen molar-refractivity contribution in [3.05, 3.63) is 114 Å². The molecule has 7 nitrogen and oxygen atoms in total. The van der Waals surface area contributed by atoms with E-state index in [4.69, 9.17) is 4.74 Å². The zero-order valence-corrected chi connectivity index (χ0v) is 20.7. The van der Waals surface area contributed by atoms with Crippen molar-refractivity contribution in [2.45, 2.75) is 9.79 Å². The molecule has 0 bridgehead atoms. The molecule has 0 aliphatic rings. The van der Waals surface area contributed by atoms with Crippen molar-refractivity contribution < 1.29 is 14.3 Å². The van der Waals surface area contributed by atoms with Gasteiger partial charge in [0.2, 0.25) is 0 Å². The maximum Gasteiger partial charge on any atom is 0.339 e. The number of para-hydroxylation sites is 1. The van der Waals surface area contributed by atoms with Crippen LogP contribution in [0.15, 0.2) is 101 Å². The zero-order valence-electron chi connectivity index (χ0n) is 19.8. The molecule has 182 valence electrons. The number of ether oxygens (including phenoxy) is 1. The van der Waals surface area contributed by atoms with Crippen LogP contribution < -0.4 is 5.32 Å². The second-order valence-electron chi connectivity index (χ2n) is 7.99. The fourth-order valence-electron chi connectivity index (χ4n) is 3.79. The molecular weight excluding hydrogens is 484 g/mol. The quantitative estimate of drug-likeness (QED) is 0.251. The van der Waals surface area contributed by atoms with Gasteiger partial charge in [0.15, 0.2) is 0 Å². The summed E-state index contributed by atoms with van der Waals surface area (Å²) in [6, 6.07) is 25.9. The number of hydrogen-bond acceptors (Lipinski definition) is 6. The topological polar surface area (TPSA) is 97.0 Å². The number of rotatable bonds is 7. The molecule has 3 aromatic carbocycles. The Morgan fingerprint density at radius 1 is 0.919 bits per heavy atom. The number of hydrogen-bond donors (Lipinski definition) is 2. The van der Waals surface area contributed by atoms with Gasteiger partial charge < -0.3 is 10.1 Å². The highest BCUT2D eigenvalue weighted by Gasteiger charge is 2.17. The van der Waals surface area contributed by atoms with Gasteiger partial charge in [0.1, 0.15) is 0 Å². The average Bonchev–Trinajstić information content (AvgIpc) is 3.34. The summed E-state index contributed by atoms with van der Waals surface area (Å²) in [5, 5.41) is 11.3. The van der Waals surface area contributed by atoms with E-state index in [9.17, 15) is 9.59 Å². The van der Waals surface area contributed by atoms with E-state index in [2.05, 4.69) is 20.5 Å². The van der Waals surface area contributed by atoms with E-state index in [1.54, 1.807) is 36.5 Å². The number of fused-ring (bicyclic) bond motifs is 1. The Morgan fingerprint density at radius 2 is 1.70 bits per heavy atom. The summed E-state index contributed by atoms with van der Waals surface area (Å²) in [4.78, 5) is 31.3. The maximum absolute atomic E-state index is 13.2. The minimum atomic E-state index is -0.513. The first-order valence-corrected chi connectivity index (χ1v) is 12.3. The van der Waals surface area contributed by atoms with E-state index >= 15 is 0 Å². The van der Waals surface area contributed by atoms with Gasteiger partial charge in [-0.25, -0.2) is 4.79 Å². The van der Waals surface area contributed by atoms with Crippen molar-refractivity contribution in [3.63, 3.8) is 0 Å². The minimum absolute atomic E-state index is 0.293. The highest BCUT2D eigenvalue weighted by atomic mass is 32.2. The number of pyridine rings is 1. The Balaban J connectivity index is 1.37. The van der Waals surface area contributed by atoms with Crippen LogP contribution in [0, 0.1) is 0 Å². The number of esters is 1. The Labute approximate surface area is 217 Å². The Kier molecular flexibility index (Phi) is 7.09. The SMILES string of the molecule is COC(=O)c1ccccc1NC(=O)c1ccccc1Sc1ccc2c(/C=C/c3ccccn3)n[nH]c2c1. The first-order chi connectivity index (χ1) is 18.1. The van der Waals surface area contributed by atoms with E-state index in [1.165, 1.54) is 18.9 Å². The minimum Gasteiger partial charge on any atom is -0.465 e. The van der Waals surface area contributed by atoms with Gasteiger partial charge in [0, 0.05) is 21.4 Å². The first-order valence-electron chi connectivity index (χ1n) is 11.4. The van der Waals surface area contributed by atoms with Gasteiger partial charge in [-0.3, -0.25) is 14.9 Å². The van der Waals surface area contributed by atoms with Crippen LogP contribution in [-0.2, 0) is 4.74 Å². The number of aromatic amines is 1. The van der Waals surface area contributed by atoms with Gasteiger partial charge in [-0.05, 0) is 66.7 Å². The molecule has 0 radical (unpaired) electrons. The van der Waals surface area contributed by atoms with Crippen molar-refractivity contribution in [2.75, 3.05) is 12.4 Å². The average molecular weight is 507 g/mol. The van der Waals surface area contributed by atoms with Crippen molar-refractivity contribution in [2.24, 2.45) is 0 Å². The smallest absolute Gasteiger partial charge is 0.339 e. The van der Waals surface area contributed by atoms with Crippen LogP contribution >= 0.6 is 11.8 Å². The van der Waals surface area contributed by atoms with E-state index in [0.717, 1.165) is 32.1 Å². The van der Waals surface area contributed by atoms with E-state index in [-0.39, 0.29) is 5.91 Å². The predicted molar refractivity (Wildman–Crippen MR) is 146 cm³/mol. The molecule has 0 saturated carbocycles. The lowest BCUT2D eigenvalue weighted by atomic mass is 10.1. The summed E-state index contributed by atoms with van der Waals surface area (Å²) < 4.78 is 4.83. The highest BCUT2D eigenvalue weighted by Crippen LogP contribution is 2.33. The lowest BCUT2D eigenvalue weighted by Crippen LogP contribution is -2.16. The largest absolute Gasteiger partial charge is 0.465 e. The number of benzene rings is 3. The third-order valence-electron chi connectivity index (χ3n) is 5.60. The van der Waals surface area contributed by atoms with Crippen LogP contribution in [0.4, 0.5) is 5.69 Å². The fourth-order valence-corrected chi connectivity index (χ4v) is 4.77. The third kappa shape index (κ3) is 5.44. The van der Waals surface area contributed by atoms with Gasteiger partial charge in [0.25, 0.3) is 5.91 Å². The summed E-state index contributed by atoms with van der Waals surface area (Å²) in [5.41, 5.74) is 3.75. The summed E-state index contributed by atoms with van der Waals surface area (Å²) >= 11 is 1.47. The molecule has 0 saturated heterocycles. The molecule has 0 aliphatic carbocycles. The fraction of sp³-hybridized carbons (Fsp3) is 0.0345. The molecule has 2 N–H and O–H groups in total. The first kappa shape index (κ1) is 24.0. The number of carbonyl (C=O) groups is 2. The molecule has 2 aromatic heterocycles. The normalized spacial score (nSPS) is 11.1. The Morgan fingerprint density at radius 3 is 2.51 bits per heavy atom. The lowest BCUT2D eigenvalue weighted by molar-refractivity contribution is 0.0602. The zero-order chi connectivity index (χ0) is 25.6. The second-order valence-corrected chi connectivity index (χ2v) is 9.11. The van der Waals surface area contributed by atoms with E-state index < -0.39 is 5.97 Å². The predicted octanol–water partition coefficient (Wildman–Crippen LogP) is 6.32. The van der Waals surface area contributed by atoms with Crippen LogP contribution in [0.3, 0.4) is 0 Å². The number of methoxy groups -OCH3 is 1. The van der Waals surface area contributed by atoms with Crippen LogP contribution in [0.25, 0.3) is 23.1 Å². The highest BCUT2D eigenvalue weighted by molar-refractivity contribution is 7.99. The molecular formula is C29H22N4O3S. The second kappa shape index (κ2) is 10.9. The third-order valence-corrected chi connectivity index (χ3v) is 6.67. The van der Waals surface area contributed by atoms with E-state index in [1.807, 2.05) is 66.7 Å². The number of carbonyl (C=O) groups excluding carboxylic acids is 2. The number of amides is 1. The van der Waals surface area contributed by atoms with Crippen molar-refractivity contribution in [1.29, 1.82) is 0 Å². The van der Waals surface area contributed by atoms with Crippen LogP contribution in [0.2, 0.25) is 0 Å². The van der Waals surface area contributed by atoms with E-state index in [0.29, 0.717) is 16.8 Å². The van der Waals surface area contributed by atoms with Crippen molar-refractivity contribution >= 4 is 52.4 Å². The summed E-state index contributed by atoms with van der Waals surface area (Å²) in [5.74, 6) is -0.829. The Bertz CT molecular complexity index is 1610. The molecule has 2 heterocycles. The van der Waals surface area contributed by atoms with Gasteiger partial charge in [-0.15, -0.1) is 0 Å². The molecule has 8 heteroatoms. The van der Waals surface area contributed by atoms with Crippen LogP contribution in [-0.4, -0.2) is 34.2 Å². The standard InChI is InChI=1S/C29H22N4O3S/c1-36-29(35)22-9-2-4-11-24(22)31-28(34)23-10-3-5-12-27(23)37-20-14-15-21-25(32-33-26(21)18-20)16-13-19-8-6-7-17-30-19/h2-18H,1H3,(H,31,34)(H,32,33)/b16-13+. The molecule has 5 aromatic rings. The molecule has 0 aliphatic heterocycles. The van der Waals surface area contributed by atoms with Gasteiger partial charge in [-0.1, -0.05) is 42.1 Å². The van der Waals surface area contributed by atoms with Gasteiger partial charge in [0.05, 0.1) is 40.8 Å². The summed E-state index contributed by atoms with van der Waals surface area (Å²) in [6.07, 6.45) is 5.60. The van der Waals surface area contributed by atoms with Crippen LogP contribution in [0.5, 0.6) is 0 Å². The molecule has 0 unspecified atom stereocenters. The van der Waals surface area contributed by atoms with Crippen molar-refractivity contribution in [1.82, 2.24) is 15.2 Å². The van der Waals surface area contributed by atoms with Crippen LogP contribution in [0.1, 0.15) is 32.1 Å². The van der Waals surface area contributed by atoms with Gasteiger partial charge >= 0.3 is 5.97 Å². The Hall–Kier alpha value is -4.69. The van der Waals surface area contributed by atoms with Crippen molar-refractivity contribution in [3.8, 4) is 0 Å². The number of nitrogens with one attached hydrogen (secondary N) is 2. The molecule has 0 atom stereocenters. The molecule has 0 fully saturated rings. The van der Waals surface area contributed by atoms with Gasteiger partial charge in [-0.2, -0.15) is 5.10 Å². The molecule has 0 spiro atoms.